The van der Waals surface area contributed by atoms with Crippen molar-refractivity contribution in [2.24, 2.45) is 0 Å². The molecule has 0 saturated heterocycles. The number of benzene rings is 1. The molecule has 1 aliphatic carbocycles. The van der Waals surface area contributed by atoms with Crippen LogP contribution in [0.3, 0.4) is 0 Å². The smallest absolute Gasteiger partial charge is 0.265 e. The third-order valence-corrected chi connectivity index (χ3v) is 3.07. The van der Waals surface area contributed by atoms with Crippen LogP contribution in [0.15, 0.2) is 24.3 Å². The summed E-state index contributed by atoms with van der Waals surface area (Å²) >= 11 is 16.7. The predicted octanol–water partition coefficient (Wildman–Crippen LogP) is 3.52. The number of hydrogen-bond donors (Lipinski definition) is 1. The first-order valence-electron chi connectivity index (χ1n) is 4.86. The zero-order valence-electron chi connectivity index (χ0n) is 8.34. The Hall–Kier alpha value is -0.440. The summed E-state index contributed by atoms with van der Waals surface area (Å²) in [6.07, 6.45) is 1.43. The van der Waals surface area contributed by atoms with Gasteiger partial charge in [-0.05, 0) is 11.1 Å². The normalized spacial score (nSPS) is 15.9. The molecule has 2 rings (SSSR count). The molecule has 0 unspecified atom stereocenters. The Morgan fingerprint density at radius 3 is 2.12 bits per heavy atom. The second-order valence-electron chi connectivity index (χ2n) is 3.74. The van der Waals surface area contributed by atoms with Crippen LogP contribution in [-0.2, 0) is 17.6 Å². The molecule has 0 spiro atoms. The van der Waals surface area contributed by atoms with Gasteiger partial charge in [-0.3, -0.25) is 5.41 Å². The van der Waals surface area contributed by atoms with Gasteiger partial charge in [-0.25, -0.2) is 0 Å². The van der Waals surface area contributed by atoms with Gasteiger partial charge in [0, 0.05) is 12.8 Å². The van der Waals surface area contributed by atoms with E-state index in [2.05, 4.69) is 12.1 Å². The van der Waals surface area contributed by atoms with E-state index in [1.165, 1.54) is 11.1 Å². The van der Waals surface area contributed by atoms with Gasteiger partial charge >= 0.3 is 0 Å². The highest BCUT2D eigenvalue weighted by Gasteiger charge is 2.32. The van der Waals surface area contributed by atoms with Crippen LogP contribution in [0.25, 0.3) is 0 Å². The highest BCUT2D eigenvalue weighted by molar-refractivity contribution is 6.76. The fraction of sp³-hybridized carbons (Fsp3) is 0.364. The Labute approximate surface area is 109 Å². The molecule has 2 nitrogen and oxygen atoms in total. The summed E-state index contributed by atoms with van der Waals surface area (Å²) in [5.74, 6) is -0.310. The zero-order chi connectivity index (χ0) is 11.8. The number of nitrogens with one attached hydrogen (secondary N) is 1. The summed E-state index contributed by atoms with van der Waals surface area (Å²) in [6.45, 7) is 0. The van der Waals surface area contributed by atoms with Gasteiger partial charge < -0.3 is 4.74 Å². The number of rotatable bonds is 1. The third kappa shape index (κ3) is 2.62. The minimum atomic E-state index is -1.77. The minimum absolute atomic E-state index is 0.0967. The number of halogens is 3. The van der Waals surface area contributed by atoms with Crippen molar-refractivity contribution in [1.82, 2.24) is 0 Å². The third-order valence-electron chi connectivity index (χ3n) is 2.56. The van der Waals surface area contributed by atoms with Gasteiger partial charge in [0.1, 0.15) is 6.10 Å². The van der Waals surface area contributed by atoms with E-state index in [0.717, 1.165) is 12.8 Å². The highest BCUT2D eigenvalue weighted by atomic mass is 35.6. The average Bonchev–Trinajstić information content (AvgIpc) is 2.58. The van der Waals surface area contributed by atoms with E-state index in [1.807, 2.05) is 12.1 Å². The first kappa shape index (κ1) is 12.0. The van der Waals surface area contributed by atoms with Crippen molar-refractivity contribution in [3.63, 3.8) is 0 Å². The molecular formula is C11H10Cl3NO. The summed E-state index contributed by atoms with van der Waals surface area (Å²) in [5, 5.41) is 7.49. The van der Waals surface area contributed by atoms with E-state index in [4.69, 9.17) is 44.9 Å². The topological polar surface area (TPSA) is 33.1 Å². The summed E-state index contributed by atoms with van der Waals surface area (Å²) in [7, 11) is 0. The molecule has 0 atom stereocenters. The van der Waals surface area contributed by atoms with Gasteiger partial charge in [-0.15, -0.1) is 0 Å². The summed E-state index contributed by atoms with van der Waals surface area (Å²) in [4.78, 5) is 0. The van der Waals surface area contributed by atoms with Crippen molar-refractivity contribution in [3.8, 4) is 0 Å². The van der Waals surface area contributed by atoms with Crippen molar-refractivity contribution < 1.29 is 4.74 Å². The van der Waals surface area contributed by atoms with Gasteiger partial charge in [0.25, 0.3) is 3.79 Å². The van der Waals surface area contributed by atoms with E-state index in [9.17, 15) is 0 Å². The van der Waals surface area contributed by atoms with Crippen LogP contribution in [0.2, 0.25) is 0 Å². The van der Waals surface area contributed by atoms with E-state index >= 15 is 0 Å². The first-order chi connectivity index (χ1) is 7.47. The zero-order valence-corrected chi connectivity index (χ0v) is 10.6. The number of ether oxygens (including phenoxy) is 1. The molecule has 0 aliphatic heterocycles. The fourth-order valence-electron chi connectivity index (χ4n) is 1.84. The van der Waals surface area contributed by atoms with Crippen LogP contribution in [0.4, 0.5) is 0 Å². The Kier molecular flexibility index (Phi) is 3.34. The summed E-state index contributed by atoms with van der Waals surface area (Å²) < 4.78 is 3.58. The number of alkyl halides is 3. The molecule has 0 fully saturated rings. The fourth-order valence-corrected chi connectivity index (χ4v) is 1.97. The molecule has 1 aromatic rings. The summed E-state index contributed by atoms with van der Waals surface area (Å²) in [6, 6.07) is 8.08. The lowest BCUT2D eigenvalue weighted by atomic mass is 10.1. The van der Waals surface area contributed by atoms with Gasteiger partial charge in [0.15, 0.2) is 0 Å². The van der Waals surface area contributed by atoms with E-state index in [-0.39, 0.29) is 12.0 Å². The lowest BCUT2D eigenvalue weighted by molar-refractivity contribution is 0.194. The number of fused-ring (bicyclic) bond motifs is 1. The molecule has 5 heteroatoms. The van der Waals surface area contributed by atoms with Crippen LogP contribution < -0.4 is 0 Å². The Morgan fingerprint density at radius 1 is 1.19 bits per heavy atom. The number of hydrogen-bond acceptors (Lipinski definition) is 2. The van der Waals surface area contributed by atoms with Crippen molar-refractivity contribution in [2.45, 2.75) is 22.7 Å². The maximum absolute atomic E-state index is 7.49. The van der Waals surface area contributed by atoms with Crippen molar-refractivity contribution >= 4 is 40.7 Å². The predicted molar refractivity (Wildman–Crippen MR) is 66.7 cm³/mol. The van der Waals surface area contributed by atoms with Crippen LogP contribution in [0.5, 0.6) is 0 Å². The monoisotopic (exact) mass is 277 g/mol. The largest absolute Gasteiger partial charge is 0.474 e. The van der Waals surface area contributed by atoms with Crippen LogP contribution in [-0.4, -0.2) is 15.8 Å². The highest BCUT2D eigenvalue weighted by Crippen LogP contribution is 2.31. The molecule has 16 heavy (non-hydrogen) atoms. The lowest BCUT2D eigenvalue weighted by Crippen LogP contribution is -2.27. The van der Waals surface area contributed by atoms with E-state index < -0.39 is 3.79 Å². The minimum Gasteiger partial charge on any atom is -0.474 e. The Balaban J connectivity index is 2.00. The average molecular weight is 279 g/mol. The summed E-state index contributed by atoms with van der Waals surface area (Å²) in [5.41, 5.74) is 2.48. The Bertz CT molecular complexity index is 389. The van der Waals surface area contributed by atoms with Crippen molar-refractivity contribution in [3.05, 3.63) is 35.4 Å². The molecule has 0 saturated carbocycles. The molecule has 86 valence electrons. The molecule has 0 heterocycles. The first-order valence-corrected chi connectivity index (χ1v) is 5.99. The SMILES string of the molecule is N=C(OC1Cc2ccccc2C1)C(Cl)(Cl)Cl. The van der Waals surface area contributed by atoms with Crippen molar-refractivity contribution in [1.29, 1.82) is 5.41 Å². The van der Waals surface area contributed by atoms with Crippen LogP contribution in [0.1, 0.15) is 11.1 Å². The van der Waals surface area contributed by atoms with Crippen LogP contribution in [0, 0.1) is 5.41 Å². The van der Waals surface area contributed by atoms with E-state index in [1.54, 1.807) is 0 Å². The molecule has 0 aromatic heterocycles. The quantitative estimate of drug-likeness (QED) is 0.476. The van der Waals surface area contributed by atoms with Crippen LogP contribution >= 0.6 is 34.8 Å². The van der Waals surface area contributed by atoms with Gasteiger partial charge in [-0.1, -0.05) is 59.1 Å². The van der Waals surface area contributed by atoms with Gasteiger partial charge in [0.05, 0.1) is 0 Å². The van der Waals surface area contributed by atoms with Gasteiger partial charge in [-0.2, -0.15) is 0 Å². The molecule has 1 N–H and O–H groups in total. The Morgan fingerprint density at radius 2 is 1.69 bits per heavy atom. The standard InChI is InChI=1S/C11H10Cl3NO/c12-11(13,14)10(15)16-9-5-7-3-1-2-4-8(7)6-9/h1-4,9,15H,5-6H2. The molecular weight excluding hydrogens is 268 g/mol. The lowest BCUT2D eigenvalue weighted by Gasteiger charge is -2.18. The maximum atomic E-state index is 7.49. The maximum Gasteiger partial charge on any atom is 0.265 e. The molecule has 1 aromatic carbocycles. The van der Waals surface area contributed by atoms with Crippen molar-refractivity contribution in [2.75, 3.05) is 0 Å². The van der Waals surface area contributed by atoms with Gasteiger partial charge in [0.2, 0.25) is 5.90 Å². The second-order valence-corrected chi connectivity index (χ2v) is 6.02. The second kappa shape index (κ2) is 4.44. The van der Waals surface area contributed by atoms with E-state index in [0.29, 0.717) is 0 Å². The molecule has 0 radical (unpaired) electrons. The molecule has 0 amide bonds. The molecule has 0 bridgehead atoms. The molecule has 1 aliphatic rings.